The zero-order valence-electron chi connectivity index (χ0n) is 16.6. The quantitative estimate of drug-likeness (QED) is 0.600. The lowest BCUT2D eigenvalue weighted by Crippen LogP contribution is -2.33. The summed E-state index contributed by atoms with van der Waals surface area (Å²) in [7, 11) is 0. The number of rotatable bonds is 6. The highest BCUT2D eigenvalue weighted by molar-refractivity contribution is 6.30. The van der Waals surface area contributed by atoms with E-state index in [1.807, 2.05) is 36.4 Å². The van der Waals surface area contributed by atoms with Gasteiger partial charge >= 0.3 is 0 Å². The summed E-state index contributed by atoms with van der Waals surface area (Å²) in [5.41, 5.74) is 3.68. The summed E-state index contributed by atoms with van der Waals surface area (Å²) in [5.74, 6) is 0.901. The van der Waals surface area contributed by atoms with Crippen LogP contribution in [0.3, 0.4) is 0 Å². The lowest BCUT2D eigenvalue weighted by Gasteiger charge is -2.31. The zero-order valence-corrected chi connectivity index (χ0v) is 17.3. The maximum atomic E-state index is 6.16. The highest BCUT2D eigenvalue weighted by Gasteiger charge is 2.23. The van der Waals surface area contributed by atoms with Crippen molar-refractivity contribution in [3.8, 4) is 5.75 Å². The molecule has 1 atom stereocenters. The normalized spacial score (nSPS) is 16.2. The summed E-state index contributed by atoms with van der Waals surface area (Å²) in [4.78, 5) is 2.56. The van der Waals surface area contributed by atoms with Crippen LogP contribution in [0.4, 0.5) is 0 Å². The Balaban J connectivity index is 1.60. The molecule has 3 aromatic rings. The molecule has 1 aliphatic heterocycles. The summed E-state index contributed by atoms with van der Waals surface area (Å²) < 4.78 is 6.10. The molecule has 1 N–H and O–H groups in total. The molecule has 4 heteroatoms. The number of hydrogen-bond donors (Lipinski definition) is 1. The minimum absolute atomic E-state index is 0.187. The van der Waals surface area contributed by atoms with Gasteiger partial charge in [0.1, 0.15) is 12.4 Å². The summed E-state index contributed by atoms with van der Waals surface area (Å²) in [6, 6.07) is 27.2. The van der Waals surface area contributed by atoms with Crippen LogP contribution in [0.1, 0.15) is 29.2 Å². The summed E-state index contributed by atoms with van der Waals surface area (Å²) >= 11 is 6.16. The third-order valence-electron chi connectivity index (χ3n) is 5.35. The molecule has 0 saturated carbocycles. The van der Waals surface area contributed by atoms with Crippen LogP contribution in [0.5, 0.6) is 5.75 Å². The lowest BCUT2D eigenvalue weighted by molar-refractivity contribution is 0.240. The molecule has 0 radical (unpaired) electrons. The van der Waals surface area contributed by atoms with Crippen molar-refractivity contribution in [2.24, 2.45) is 0 Å². The Morgan fingerprint density at radius 1 is 0.862 bits per heavy atom. The Kier molecular flexibility index (Phi) is 6.83. The van der Waals surface area contributed by atoms with Gasteiger partial charge in [0, 0.05) is 24.7 Å². The van der Waals surface area contributed by atoms with E-state index in [2.05, 4.69) is 52.7 Å². The number of ether oxygens (including phenoxy) is 1. The van der Waals surface area contributed by atoms with E-state index in [1.165, 1.54) is 16.7 Å². The van der Waals surface area contributed by atoms with Gasteiger partial charge < -0.3 is 10.1 Å². The van der Waals surface area contributed by atoms with Gasteiger partial charge in [-0.1, -0.05) is 66.2 Å². The van der Waals surface area contributed by atoms with Crippen molar-refractivity contribution in [1.82, 2.24) is 10.2 Å². The SMILES string of the molecule is Clc1ccc(C(c2cccc(OCc3ccccc3)c2)N2CCCNCC2)cc1. The summed E-state index contributed by atoms with van der Waals surface area (Å²) in [6.07, 6.45) is 1.15. The maximum absolute atomic E-state index is 6.16. The van der Waals surface area contributed by atoms with Crippen LogP contribution < -0.4 is 10.1 Å². The van der Waals surface area contributed by atoms with Crippen molar-refractivity contribution < 1.29 is 4.74 Å². The van der Waals surface area contributed by atoms with E-state index in [1.54, 1.807) is 0 Å². The first-order valence-corrected chi connectivity index (χ1v) is 10.6. The molecule has 3 aromatic carbocycles. The maximum Gasteiger partial charge on any atom is 0.120 e. The van der Waals surface area contributed by atoms with Gasteiger partial charge in [0.15, 0.2) is 0 Å². The predicted octanol–water partition coefficient (Wildman–Crippen LogP) is 5.30. The van der Waals surface area contributed by atoms with Gasteiger partial charge in [0.25, 0.3) is 0 Å². The predicted molar refractivity (Wildman–Crippen MR) is 120 cm³/mol. The first kappa shape index (κ1) is 20.0. The molecule has 29 heavy (non-hydrogen) atoms. The van der Waals surface area contributed by atoms with Gasteiger partial charge in [-0.25, -0.2) is 0 Å². The van der Waals surface area contributed by atoms with Crippen LogP contribution in [0.2, 0.25) is 5.02 Å². The Bertz CT molecular complexity index is 890. The molecule has 1 aliphatic rings. The highest BCUT2D eigenvalue weighted by atomic mass is 35.5. The smallest absolute Gasteiger partial charge is 0.120 e. The van der Waals surface area contributed by atoms with Crippen LogP contribution in [0.25, 0.3) is 0 Å². The van der Waals surface area contributed by atoms with Gasteiger partial charge in [-0.3, -0.25) is 4.90 Å². The third kappa shape index (κ3) is 5.39. The Labute approximate surface area is 178 Å². The largest absolute Gasteiger partial charge is 0.489 e. The molecule has 1 heterocycles. The molecule has 4 rings (SSSR count). The second-order valence-electron chi connectivity index (χ2n) is 7.44. The third-order valence-corrected chi connectivity index (χ3v) is 5.60. The molecule has 150 valence electrons. The van der Waals surface area contributed by atoms with Gasteiger partial charge in [-0.15, -0.1) is 0 Å². The molecule has 0 amide bonds. The summed E-state index contributed by atoms with van der Waals surface area (Å²) in [5, 5.41) is 4.28. The molecule has 0 aliphatic carbocycles. The highest BCUT2D eigenvalue weighted by Crippen LogP contribution is 2.32. The molecule has 0 aromatic heterocycles. The van der Waals surface area contributed by atoms with Crippen molar-refractivity contribution in [2.45, 2.75) is 19.1 Å². The van der Waals surface area contributed by atoms with E-state index >= 15 is 0 Å². The molecule has 1 fully saturated rings. The topological polar surface area (TPSA) is 24.5 Å². The fourth-order valence-corrected chi connectivity index (χ4v) is 4.03. The van der Waals surface area contributed by atoms with Crippen LogP contribution >= 0.6 is 11.6 Å². The van der Waals surface area contributed by atoms with Crippen molar-refractivity contribution >= 4 is 11.6 Å². The van der Waals surface area contributed by atoms with E-state index in [9.17, 15) is 0 Å². The lowest BCUT2D eigenvalue weighted by atomic mass is 9.96. The van der Waals surface area contributed by atoms with Crippen LogP contribution in [-0.2, 0) is 6.61 Å². The van der Waals surface area contributed by atoms with E-state index < -0.39 is 0 Å². The molecule has 1 unspecified atom stereocenters. The minimum atomic E-state index is 0.187. The average molecular weight is 407 g/mol. The zero-order chi connectivity index (χ0) is 19.9. The first-order chi connectivity index (χ1) is 14.3. The monoisotopic (exact) mass is 406 g/mol. The van der Waals surface area contributed by atoms with Gasteiger partial charge in [-0.05, 0) is 53.9 Å². The van der Waals surface area contributed by atoms with E-state index in [0.717, 1.165) is 43.4 Å². The van der Waals surface area contributed by atoms with Crippen molar-refractivity contribution in [1.29, 1.82) is 0 Å². The van der Waals surface area contributed by atoms with E-state index in [4.69, 9.17) is 16.3 Å². The number of hydrogen-bond acceptors (Lipinski definition) is 3. The number of nitrogens with one attached hydrogen (secondary N) is 1. The fraction of sp³-hybridized carbons (Fsp3) is 0.280. The molecule has 0 spiro atoms. The minimum Gasteiger partial charge on any atom is -0.489 e. The van der Waals surface area contributed by atoms with Gasteiger partial charge in [0.05, 0.1) is 6.04 Å². The Hall–Kier alpha value is -2.33. The molecule has 1 saturated heterocycles. The van der Waals surface area contributed by atoms with Crippen LogP contribution in [0.15, 0.2) is 78.9 Å². The van der Waals surface area contributed by atoms with Crippen molar-refractivity contribution in [3.05, 3.63) is 101 Å². The van der Waals surface area contributed by atoms with Crippen LogP contribution in [-0.4, -0.2) is 31.1 Å². The number of benzene rings is 3. The second-order valence-corrected chi connectivity index (χ2v) is 7.88. The number of nitrogens with zero attached hydrogens (tertiary/aromatic N) is 1. The van der Waals surface area contributed by atoms with Gasteiger partial charge in [-0.2, -0.15) is 0 Å². The fourth-order valence-electron chi connectivity index (χ4n) is 3.90. The Morgan fingerprint density at radius 2 is 1.69 bits per heavy atom. The standard InChI is InChI=1S/C25H27ClN2O/c26-23-12-10-21(11-13-23)25(28-16-5-14-27-15-17-28)22-8-4-9-24(18-22)29-19-20-6-2-1-3-7-20/h1-4,6-13,18,25,27H,5,14-17,19H2. The first-order valence-electron chi connectivity index (χ1n) is 10.3. The average Bonchev–Trinajstić information content (AvgIpc) is 3.04. The molecule has 3 nitrogen and oxygen atoms in total. The Morgan fingerprint density at radius 3 is 2.52 bits per heavy atom. The van der Waals surface area contributed by atoms with Gasteiger partial charge in [0.2, 0.25) is 0 Å². The number of halogens is 1. The molecular formula is C25H27ClN2O. The molecular weight excluding hydrogens is 380 g/mol. The van der Waals surface area contributed by atoms with E-state index in [0.29, 0.717) is 6.61 Å². The molecule has 0 bridgehead atoms. The van der Waals surface area contributed by atoms with Crippen molar-refractivity contribution in [2.75, 3.05) is 26.2 Å². The summed E-state index contributed by atoms with van der Waals surface area (Å²) in [6.45, 7) is 4.74. The van der Waals surface area contributed by atoms with Crippen LogP contribution in [0, 0.1) is 0 Å². The second kappa shape index (κ2) is 9.93. The van der Waals surface area contributed by atoms with E-state index in [-0.39, 0.29) is 6.04 Å². The van der Waals surface area contributed by atoms with Crippen molar-refractivity contribution in [3.63, 3.8) is 0 Å².